The maximum Gasteiger partial charge on any atom is 0.245 e. The fourth-order valence-electron chi connectivity index (χ4n) is 2.20. The predicted molar refractivity (Wildman–Crippen MR) is 50.3 cm³/mol. The van der Waals surface area contributed by atoms with E-state index >= 15 is 0 Å². The lowest BCUT2D eigenvalue weighted by Crippen LogP contribution is -2.61. The normalized spacial score (nSPS) is 31.6. The van der Waals surface area contributed by atoms with Crippen LogP contribution in [-0.2, 0) is 9.59 Å². The highest BCUT2D eigenvalue weighted by atomic mass is 16.2. The van der Waals surface area contributed by atoms with Gasteiger partial charge < -0.3 is 16.0 Å². The van der Waals surface area contributed by atoms with Crippen LogP contribution in [0.15, 0.2) is 0 Å². The first-order valence-electron chi connectivity index (χ1n) is 5.05. The summed E-state index contributed by atoms with van der Waals surface area (Å²) in [6.07, 6.45) is 2.26. The second-order valence-electron chi connectivity index (χ2n) is 3.83. The highest BCUT2D eigenvalue weighted by Gasteiger charge is 2.42. The van der Waals surface area contributed by atoms with Crippen LogP contribution in [-0.4, -0.2) is 41.9 Å². The van der Waals surface area contributed by atoms with Gasteiger partial charge in [0.25, 0.3) is 0 Å². The molecule has 2 fully saturated rings. The molecule has 2 heterocycles. The van der Waals surface area contributed by atoms with Crippen molar-refractivity contribution < 1.29 is 9.59 Å². The Hall–Kier alpha value is -1.10. The van der Waals surface area contributed by atoms with E-state index in [4.69, 9.17) is 5.73 Å². The van der Waals surface area contributed by atoms with E-state index in [-0.39, 0.29) is 23.9 Å². The molecule has 0 aromatic rings. The van der Waals surface area contributed by atoms with Gasteiger partial charge in [0.1, 0.15) is 12.1 Å². The molecule has 2 saturated heterocycles. The Labute approximate surface area is 82.6 Å². The Balaban J connectivity index is 2.12. The Bertz CT molecular complexity index is 267. The molecular weight excluding hydrogens is 182 g/mol. The van der Waals surface area contributed by atoms with Gasteiger partial charge in [-0.05, 0) is 25.8 Å². The summed E-state index contributed by atoms with van der Waals surface area (Å²) >= 11 is 0. The molecule has 0 aliphatic carbocycles. The molecule has 0 saturated carbocycles. The molecule has 5 nitrogen and oxygen atoms in total. The summed E-state index contributed by atoms with van der Waals surface area (Å²) in [4.78, 5) is 25.1. The van der Waals surface area contributed by atoms with E-state index in [0.29, 0.717) is 13.0 Å². The number of rotatable bonds is 2. The van der Waals surface area contributed by atoms with Crippen molar-refractivity contribution in [3.05, 3.63) is 0 Å². The van der Waals surface area contributed by atoms with E-state index in [1.54, 1.807) is 4.90 Å². The molecule has 2 amide bonds. The lowest BCUT2D eigenvalue weighted by atomic mass is 10.1. The lowest BCUT2D eigenvalue weighted by molar-refractivity contribution is -0.147. The number of nitrogens with zero attached hydrogens (tertiary/aromatic N) is 1. The van der Waals surface area contributed by atoms with Crippen molar-refractivity contribution in [3.8, 4) is 0 Å². The number of hydrogen-bond acceptors (Lipinski definition) is 3. The summed E-state index contributed by atoms with van der Waals surface area (Å²) in [5.41, 5.74) is 5.38. The first kappa shape index (κ1) is 9.45. The fourth-order valence-corrected chi connectivity index (χ4v) is 2.20. The van der Waals surface area contributed by atoms with Crippen LogP contribution >= 0.6 is 0 Å². The van der Waals surface area contributed by atoms with Crippen LogP contribution in [0.5, 0.6) is 0 Å². The van der Waals surface area contributed by atoms with Crippen molar-refractivity contribution in [3.63, 3.8) is 0 Å². The maximum atomic E-state index is 11.8. The van der Waals surface area contributed by atoms with Crippen molar-refractivity contribution in [1.29, 1.82) is 0 Å². The van der Waals surface area contributed by atoms with Gasteiger partial charge in [-0.15, -0.1) is 0 Å². The molecule has 2 aliphatic rings. The number of nitrogens with two attached hydrogens (primary N) is 1. The van der Waals surface area contributed by atoms with Crippen LogP contribution in [0, 0.1) is 0 Å². The number of hydrogen-bond donors (Lipinski definition) is 2. The minimum atomic E-state index is -0.387. The standard InChI is InChI=1S/C9H15N3O2/c10-4-3-6-9(14)12-5-1-2-7(12)8(13)11-6/h6-7H,1-5,10H2,(H,11,13)/t6-,7-/m1/s1. The van der Waals surface area contributed by atoms with Crippen molar-refractivity contribution in [2.75, 3.05) is 13.1 Å². The van der Waals surface area contributed by atoms with Gasteiger partial charge in [0.15, 0.2) is 0 Å². The molecule has 0 bridgehead atoms. The molecule has 0 aromatic carbocycles. The van der Waals surface area contributed by atoms with Crippen LogP contribution < -0.4 is 11.1 Å². The van der Waals surface area contributed by atoms with E-state index in [9.17, 15) is 9.59 Å². The first-order chi connectivity index (χ1) is 6.74. The Morgan fingerprint density at radius 2 is 2.29 bits per heavy atom. The molecular formula is C9H15N3O2. The van der Waals surface area contributed by atoms with Gasteiger partial charge in [0, 0.05) is 6.54 Å². The predicted octanol–water partition coefficient (Wildman–Crippen LogP) is -1.18. The van der Waals surface area contributed by atoms with Crippen LogP contribution in [0.25, 0.3) is 0 Å². The number of fused-ring (bicyclic) bond motifs is 1. The average molecular weight is 197 g/mol. The Morgan fingerprint density at radius 3 is 3.00 bits per heavy atom. The highest BCUT2D eigenvalue weighted by Crippen LogP contribution is 2.22. The molecule has 5 heteroatoms. The van der Waals surface area contributed by atoms with Gasteiger partial charge >= 0.3 is 0 Å². The largest absolute Gasteiger partial charge is 0.342 e. The number of amides is 2. The summed E-state index contributed by atoms with van der Waals surface area (Å²) < 4.78 is 0. The van der Waals surface area contributed by atoms with Gasteiger partial charge in [-0.1, -0.05) is 0 Å². The fraction of sp³-hybridized carbons (Fsp3) is 0.778. The zero-order valence-corrected chi connectivity index (χ0v) is 8.03. The molecule has 0 spiro atoms. The van der Waals surface area contributed by atoms with Gasteiger partial charge in [-0.25, -0.2) is 0 Å². The molecule has 2 aliphatic heterocycles. The Kier molecular flexibility index (Phi) is 2.41. The quantitative estimate of drug-likeness (QED) is 0.585. The van der Waals surface area contributed by atoms with Crippen molar-refractivity contribution in [2.24, 2.45) is 5.73 Å². The van der Waals surface area contributed by atoms with Gasteiger partial charge in [0.05, 0.1) is 0 Å². The molecule has 14 heavy (non-hydrogen) atoms. The van der Waals surface area contributed by atoms with E-state index in [2.05, 4.69) is 5.32 Å². The van der Waals surface area contributed by atoms with E-state index in [1.165, 1.54) is 0 Å². The highest BCUT2D eigenvalue weighted by molar-refractivity contribution is 5.97. The third-order valence-corrected chi connectivity index (χ3v) is 2.91. The molecule has 3 N–H and O–H groups in total. The maximum absolute atomic E-state index is 11.8. The summed E-state index contributed by atoms with van der Waals surface area (Å²) in [7, 11) is 0. The number of piperazine rings is 1. The SMILES string of the molecule is NCC[C@H]1NC(=O)[C@H]2CCCN2C1=O. The lowest BCUT2D eigenvalue weighted by Gasteiger charge is -2.34. The summed E-state index contributed by atoms with van der Waals surface area (Å²) in [5, 5.41) is 2.73. The number of nitrogens with one attached hydrogen (secondary N) is 1. The van der Waals surface area contributed by atoms with Crippen LogP contribution in [0.1, 0.15) is 19.3 Å². The van der Waals surface area contributed by atoms with Gasteiger partial charge in [0.2, 0.25) is 11.8 Å². The molecule has 2 atom stereocenters. The van der Waals surface area contributed by atoms with Crippen molar-refractivity contribution in [1.82, 2.24) is 10.2 Å². The summed E-state index contributed by atoms with van der Waals surface area (Å²) in [6, 6.07) is -0.599. The smallest absolute Gasteiger partial charge is 0.245 e. The monoisotopic (exact) mass is 197 g/mol. The average Bonchev–Trinajstić information content (AvgIpc) is 2.63. The van der Waals surface area contributed by atoms with E-state index in [0.717, 1.165) is 19.4 Å². The summed E-state index contributed by atoms with van der Waals surface area (Å²) in [6.45, 7) is 1.15. The third-order valence-electron chi connectivity index (χ3n) is 2.91. The topological polar surface area (TPSA) is 75.4 Å². The molecule has 0 unspecified atom stereocenters. The minimum absolute atomic E-state index is 0.0134. The summed E-state index contributed by atoms with van der Waals surface area (Å²) in [5.74, 6) is 0.0260. The van der Waals surface area contributed by atoms with Crippen LogP contribution in [0.3, 0.4) is 0 Å². The second-order valence-corrected chi connectivity index (χ2v) is 3.83. The second kappa shape index (κ2) is 3.57. The third kappa shape index (κ3) is 1.37. The first-order valence-corrected chi connectivity index (χ1v) is 5.05. The van der Waals surface area contributed by atoms with E-state index in [1.807, 2.05) is 0 Å². The van der Waals surface area contributed by atoms with E-state index < -0.39 is 0 Å². The van der Waals surface area contributed by atoms with Gasteiger partial charge in [-0.2, -0.15) is 0 Å². The van der Waals surface area contributed by atoms with Crippen LogP contribution in [0.4, 0.5) is 0 Å². The van der Waals surface area contributed by atoms with Crippen molar-refractivity contribution >= 4 is 11.8 Å². The zero-order valence-electron chi connectivity index (χ0n) is 8.03. The molecule has 0 aromatic heterocycles. The molecule has 2 rings (SSSR count). The molecule has 0 radical (unpaired) electrons. The van der Waals surface area contributed by atoms with Gasteiger partial charge in [-0.3, -0.25) is 9.59 Å². The van der Waals surface area contributed by atoms with Crippen molar-refractivity contribution in [2.45, 2.75) is 31.3 Å². The Morgan fingerprint density at radius 1 is 1.50 bits per heavy atom. The molecule has 78 valence electrons. The number of carbonyl (C=O) groups is 2. The minimum Gasteiger partial charge on any atom is -0.342 e. The zero-order chi connectivity index (χ0) is 10.1. The van der Waals surface area contributed by atoms with Crippen LogP contribution in [0.2, 0.25) is 0 Å². The number of carbonyl (C=O) groups excluding carboxylic acids is 2.